The van der Waals surface area contributed by atoms with Crippen LogP contribution in [0.5, 0.6) is 0 Å². The molecule has 0 amide bonds. The topological polar surface area (TPSA) is 18.5 Å². The average molecular weight is 1310 g/mol. The van der Waals surface area contributed by atoms with Crippen molar-refractivity contribution in [2.24, 2.45) is 112 Å². The summed E-state index contributed by atoms with van der Waals surface area (Å²) in [5.74, 6) is -2.52. The second-order valence-corrected chi connectivity index (χ2v) is 34.0. The second kappa shape index (κ2) is 40.1. The lowest BCUT2D eigenvalue weighted by atomic mass is 9.80. The fourth-order valence-electron chi connectivity index (χ4n) is 11.4. The molecule has 90 heavy (non-hydrogen) atoms. The molecule has 11 fully saturated rings. The molecule has 9 aliphatic carbocycles. The average Bonchev–Trinajstić information content (AvgIpc) is 1.55. The van der Waals surface area contributed by atoms with E-state index in [1.165, 1.54) is 64.2 Å². The monoisotopic (exact) mass is 1310 g/mol. The highest BCUT2D eigenvalue weighted by Gasteiger charge is 2.84. The van der Waals surface area contributed by atoms with Gasteiger partial charge in [-0.25, -0.2) is 35.1 Å². The van der Waals surface area contributed by atoms with Gasteiger partial charge in [0.2, 0.25) is 0 Å². The van der Waals surface area contributed by atoms with Gasteiger partial charge in [-0.15, -0.1) is 0 Å². The van der Waals surface area contributed by atoms with Gasteiger partial charge in [-0.2, -0.15) is 17.6 Å². The number of alkyl halides is 12. The molecular weight excluding hydrogens is 1170 g/mol. The van der Waals surface area contributed by atoms with Gasteiger partial charge < -0.3 is 9.47 Å². The molecule has 14 heteroatoms. The Morgan fingerprint density at radius 1 is 0.422 bits per heavy atom. The van der Waals surface area contributed by atoms with E-state index in [1.807, 2.05) is 55.4 Å². The quantitative estimate of drug-likeness (QED) is 0.113. The van der Waals surface area contributed by atoms with Crippen molar-refractivity contribution < 1.29 is 62.2 Å². The summed E-state index contributed by atoms with van der Waals surface area (Å²) in [7, 11) is 0. The van der Waals surface area contributed by atoms with Gasteiger partial charge in [0.1, 0.15) is 29.9 Å². The minimum absolute atomic E-state index is 0.0972. The smallest absolute Gasteiger partial charge is 0.319 e. The van der Waals surface area contributed by atoms with E-state index in [1.54, 1.807) is 27.7 Å². The Kier molecular flexibility index (Phi) is 38.8. The molecule has 11 rings (SSSR count). The van der Waals surface area contributed by atoms with Crippen LogP contribution in [0.25, 0.3) is 0 Å². The lowest BCUT2D eigenvalue weighted by Gasteiger charge is -2.34. The summed E-state index contributed by atoms with van der Waals surface area (Å²) < 4.78 is 159. The Morgan fingerprint density at radius 3 is 0.911 bits per heavy atom. The van der Waals surface area contributed by atoms with Crippen molar-refractivity contribution in [2.75, 3.05) is 26.4 Å². The van der Waals surface area contributed by atoms with Crippen LogP contribution in [0.2, 0.25) is 0 Å². The molecular formula is C76H140F12O2. The first-order valence-corrected chi connectivity index (χ1v) is 36.5. The van der Waals surface area contributed by atoms with Crippen LogP contribution in [-0.4, -0.2) is 79.7 Å². The molecule has 11 aliphatic rings. The maximum atomic E-state index is 13.0. The zero-order valence-corrected chi connectivity index (χ0v) is 61.4. The Balaban J connectivity index is 0.000000496. The zero-order valence-electron chi connectivity index (χ0n) is 61.4. The van der Waals surface area contributed by atoms with Crippen molar-refractivity contribution in [3.8, 4) is 0 Å². The van der Waals surface area contributed by atoms with Gasteiger partial charge in [-0.3, -0.25) is 0 Å². The third-order valence-corrected chi connectivity index (χ3v) is 18.7. The molecule has 3 atom stereocenters. The predicted molar refractivity (Wildman–Crippen MR) is 355 cm³/mol. The first kappa shape index (κ1) is 87.1. The molecule has 0 aromatic heterocycles. The van der Waals surface area contributed by atoms with Gasteiger partial charge >= 0.3 is 11.8 Å². The highest BCUT2D eigenvalue weighted by Crippen LogP contribution is 2.65. The molecule has 3 unspecified atom stereocenters. The standard InChI is InChI=1S/C8H16.C7H10F4.2C7H12F2.C7H13FO.2C7H13F.C7H14O.C7H14.C6H11F.C6H12/c1-7(2)6-8-4-3-5-8;1-4(2)3-5-6(8,9)7(5,10)11;1-5(2)7(8,9)6-3-4-6;1-4(2)3-5-6(8)7(5)9;1-6(2)3-7(8)4-9-5-7;1-6(2)5-7(8)3-4-7;1-5(2)7(8)6-3-4-6;1-6(2)3-7-4-8-5-7;1-6(2)5-7-3-4-7;1-5(2)6(7)3-4-6;1-5(2)6-3-4-6/h7-8H,3-6H2,1-2H3;4-5H,3H2,1-2H3;5-6H,3-4H2,1-2H3;4-7H,3H2,1-2H3;6H,3-5H2,1-2H3;6H,3-5H2,1-2H3;5-7H,3-4H2,1-2H3;6-7H,3-5H2,1-2H3;6-7H,3-5H2,1-2H3;5H,3-4H2,1-2H3;5-6H,3-4H2,1-2H3. The van der Waals surface area contributed by atoms with Crippen molar-refractivity contribution in [3.05, 3.63) is 0 Å². The molecule has 2 nitrogen and oxygen atoms in total. The van der Waals surface area contributed by atoms with Crippen LogP contribution in [0.1, 0.15) is 294 Å². The summed E-state index contributed by atoms with van der Waals surface area (Å²) in [4.78, 5) is 0. The SMILES string of the molecule is CC(C)C(F)(F)C1CC1.CC(C)C(F)C1CC1.CC(C)C1(F)CC1.CC(C)C1CC1.CC(C)CC1(F)CC1.CC(C)CC1(F)COC1.CC(C)CC1C(F)(F)C1(F)F.CC(C)CC1C(F)C1F.CC(C)CC1CC1.CC(C)CC1CCC1.CC(C)CC1COC1. The van der Waals surface area contributed by atoms with E-state index < -0.39 is 65.1 Å². The van der Waals surface area contributed by atoms with Gasteiger partial charge in [0.15, 0.2) is 5.67 Å². The highest BCUT2D eigenvalue weighted by atomic mass is 19.3. The maximum absolute atomic E-state index is 13.0. The molecule has 0 radical (unpaired) electrons. The van der Waals surface area contributed by atoms with E-state index in [0.29, 0.717) is 49.7 Å². The van der Waals surface area contributed by atoms with Gasteiger partial charge in [-0.05, 0) is 192 Å². The van der Waals surface area contributed by atoms with Crippen molar-refractivity contribution in [2.45, 2.75) is 347 Å². The van der Waals surface area contributed by atoms with Crippen molar-refractivity contribution in [3.63, 3.8) is 0 Å². The predicted octanol–water partition coefficient (Wildman–Crippen LogP) is 25.8. The van der Waals surface area contributed by atoms with E-state index in [0.717, 1.165) is 118 Å². The lowest BCUT2D eigenvalue weighted by molar-refractivity contribution is -0.138. The van der Waals surface area contributed by atoms with E-state index in [-0.39, 0.29) is 36.0 Å². The first-order chi connectivity index (χ1) is 41.3. The molecule has 0 spiro atoms. The molecule has 0 aromatic carbocycles. The number of hydrogen-bond donors (Lipinski definition) is 0. The van der Waals surface area contributed by atoms with Crippen molar-refractivity contribution >= 4 is 0 Å². The number of ether oxygens (including phenoxy) is 2. The van der Waals surface area contributed by atoms with Gasteiger partial charge in [0, 0.05) is 23.7 Å². The lowest BCUT2D eigenvalue weighted by Crippen LogP contribution is -2.46. The Morgan fingerprint density at radius 2 is 0.811 bits per heavy atom. The summed E-state index contributed by atoms with van der Waals surface area (Å²) in [5.41, 5.74) is -2.46. The number of halogens is 12. The third kappa shape index (κ3) is 38.1. The molecule has 0 aromatic rings. The van der Waals surface area contributed by atoms with Gasteiger partial charge in [0.05, 0.1) is 32.3 Å². The molecule has 2 heterocycles. The number of hydrogen-bond acceptors (Lipinski definition) is 2. The molecule has 2 aliphatic heterocycles. The Labute approximate surface area is 545 Å². The molecule has 0 bridgehead atoms. The van der Waals surface area contributed by atoms with E-state index in [4.69, 9.17) is 9.47 Å². The number of rotatable bonds is 20. The maximum Gasteiger partial charge on any atom is 0.319 e. The Bertz CT molecular complexity index is 1770. The van der Waals surface area contributed by atoms with E-state index in [9.17, 15) is 52.7 Å². The van der Waals surface area contributed by atoms with Crippen LogP contribution in [0.4, 0.5) is 52.7 Å². The minimum atomic E-state index is -3.74. The van der Waals surface area contributed by atoms with Crippen LogP contribution >= 0.6 is 0 Å². The Hall–Kier alpha value is -0.920. The van der Waals surface area contributed by atoms with Gasteiger partial charge in [-0.1, -0.05) is 184 Å². The summed E-state index contributed by atoms with van der Waals surface area (Å²) >= 11 is 0. The highest BCUT2D eigenvalue weighted by molar-refractivity contribution is 5.13. The molecule has 0 N–H and O–H groups in total. The normalized spacial score (nSPS) is 25.2. The van der Waals surface area contributed by atoms with Crippen molar-refractivity contribution in [1.29, 1.82) is 0 Å². The first-order valence-electron chi connectivity index (χ1n) is 36.5. The second-order valence-electron chi connectivity index (χ2n) is 34.0. The zero-order chi connectivity index (χ0) is 69.5. The van der Waals surface area contributed by atoms with Gasteiger partial charge in [0.25, 0.3) is 5.92 Å². The van der Waals surface area contributed by atoms with Crippen LogP contribution < -0.4 is 0 Å². The fraction of sp³-hybridized carbons (Fsp3) is 1.00. The third-order valence-electron chi connectivity index (χ3n) is 18.7. The molecule has 2 saturated heterocycles. The molecule has 9 saturated carbocycles. The van der Waals surface area contributed by atoms with Crippen LogP contribution in [0.15, 0.2) is 0 Å². The minimum Gasteiger partial charge on any atom is -0.381 e. The summed E-state index contributed by atoms with van der Waals surface area (Å²) in [6, 6.07) is 0. The molecule has 540 valence electrons. The largest absolute Gasteiger partial charge is 0.381 e. The van der Waals surface area contributed by atoms with Crippen molar-refractivity contribution in [1.82, 2.24) is 0 Å². The van der Waals surface area contributed by atoms with E-state index in [2.05, 4.69) is 69.2 Å². The fourth-order valence-corrected chi connectivity index (χ4v) is 11.4. The summed E-state index contributed by atoms with van der Waals surface area (Å²) in [5, 5.41) is 0. The summed E-state index contributed by atoms with van der Waals surface area (Å²) in [6.07, 6.45) is 21.0. The summed E-state index contributed by atoms with van der Waals surface area (Å²) in [6.45, 7) is 47.4. The van der Waals surface area contributed by atoms with E-state index >= 15 is 0 Å². The van der Waals surface area contributed by atoms with Crippen LogP contribution in [0, 0.1) is 112 Å². The van der Waals surface area contributed by atoms with Crippen LogP contribution in [0.3, 0.4) is 0 Å². The van der Waals surface area contributed by atoms with Crippen LogP contribution in [-0.2, 0) is 9.47 Å².